The molecule has 8 nitrogen and oxygen atoms in total. The van der Waals surface area contributed by atoms with Gasteiger partial charge >= 0.3 is 0 Å². The van der Waals surface area contributed by atoms with Crippen LogP contribution in [0.3, 0.4) is 0 Å². The van der Waals surface area contributed by atoms with Gasteiger partial charge < -0.3 is 19.4 Å². The van der Waals surface area contributed by atoms with E-state index in [9.17, 15) is 9.59 Å². The number of carbonyl (C=O) groups is 2. The van der Waals surface area contributed by atoms with E-state index < -0.39 is 0 Å². The van der Waals surface area contributed by atoms with Crippen LogP contribution in [0, 0.1) is 5.92 Å². The number of anilines is 1. The molecule has 4 aromatic rings. The number of carbonyl (C=O) groups excluding carboxylic acids is 2. The zero-order valence-electron chi connectivity index (χ0n) is 25.1. The fraction of sp³-hybridized carbons (Fsp3) is 0.314. The molecule has 1 unspecified atom stereocenters. The van der Waals surface area contributed by atoms with Crippen molar-refractivity contribution in [2.24, 2.45) is 5.92 Å². The lowest BCUT2D eigenvalue weighted by Crippen LogP contribution is -2.52. The molecule has 0 aliphatic carbocycles. The third-order valence-corrected chi connectivity index (χ3v) is 8.07. The van der Waals surface area contributed by atoms with Gasteiger partial charge in [0.2, 0.25) is 5.91 Å². The smallest absolute Gasteiger partial charge is 0.254 e. The SMILES string of the molecule is CCC(C)CN(CC(=O)N1CCN(c2ccc(-c3ccc(-c4ccccc4)cc3)nn2)CC1)C(=O)c1ccc(OC)cc1. The summed E-state index contributed by atoms with van der Waals surface area (Å²) in [4.78, 5) is 32.4. The Bertz CT molecular complexity index is 1480. The third kappa shape index (κ3) is 7.38. The van der Waals surface area contributed by atoms with Crippen molar-refractivity contribution >= 4 is 17.6 Å². The molecule has 1 aliphatic heterocycles. The predicted octanol–water partition coefficient (Wildman–Crippen LogP) is 5.66. The molecular weight excluding hydrogens is 538 g/mol. The summed E-state index contributed by atoms with van der Waals surface area (Å²) in [6, 6.07) is 29.7. The van der Waals surface area contributed by atoms with Gasteiger partial charge in [0.05, 0.1) is 12.8 Å². The second-order valence-electron chi connectivity index (χ2n) is 11.0. The Labute approximate surface area is 253 Å². The molecule has 2 heterocycles. The number of benzene rings is 3. The summed E-state index contributed by atoms with van der Waals surface area (Å²) in [6.07, 6.45) is 0.929. The molecule has 8 heteroatoms. The van der Waals surface area contributed by atoms with Crippen LogP contribution in [0.4, 0.5) is 5.82 Å². The number of amides is 2. The molecule has 1 saturated heterocycles. The van der Waals surface area contributed by atoms with Gasteiger partial charge in [-0.2, -0.15) is 0 Å². The number of nitrogens with zero attached hydrogens (tertiary/aromatic N) is 5. The molecule has 43 heavy (non-hydrogen) atoms. The summed E-state index contributed by atoms with van der Waals surface area (Å²) < 4.78 is 5.22. The van der Waals surface area contributed by atoms with Gasteiger partial charge in [0.15, 0.2) is 5.82 Å². The first kappa shape index (κ1) is 29.8. The van der Waals surface area contributed by atoms with E-state index in [0.29, 0.717) is 44.0 Å². The first-order valence-corrected chi connectivity index (χ1v) is 14.9. The minimum absolute atomic E-state index is 0.0369. The van der Waals surface area contributed by atoms with E-state index >= 15 is 0 Å². The molecule has 1 fully saturated rings. The molecule has 1 atom stereocenters. The van der Waals surface area contributed by atoms with Gasteiger partial charge in [0.25, 0.3) is 5.91 Å². The van der Waals surface area contributed by atoms with Crippen LogP contribution in [0.1, 0.15) is 30.6 Å². The van der Waals surface area contributed by atoms with E-state index in [1.165, 1.54) is 5.56 Å². The highest BCUT2D eigenvalue weighted by Gasteiger charge is 2.26. The van der Waals surface area contributed by atoms with Crippen molar-refractivity contribution in [2.75, 3.05) is 51.3 Å². The topological polar surface area (TPSA) is 78.9 Å². The Balaban J connectivity index is 1.17. The van der Waals surface area contributed by atoms with E-state index in [1.54, 1.807) is 36.3 Å². The van der Waals surface area contributed by atoms with Gasteiger partial charge in [0.1, 0.15) is 12.3 Å². The Kier molecular flexibility index (Phi) is 9.66. The van der Waals surface area contributed by atoms with Crippen LogP contribution >= 0.6 is 0 Å². The highest BCUT2D eigenvalue weighted by atomic mass is 16.5. The number of hydrogen-bond donors (Lipinski definition) is 0. The van der Waals surface area contributed by atoms with Crippen molar-refractivity contribution in [3.05, 3.63) is 96.6 Å². The van der Waals surface area contributed by atoms with Crippen molar-refractivity contribution < 1.29 is 14.3 Å². The maximum absolute atomic E-state index is 13.4. The quantitative estimate of drug-likeness (QED) is 0.242. The van der Waals surface area contributed by atoms with Gasteiger partial charge in [-0.3, -0.25) is 9.59 Å². The van der Waals surface area contributed by atoms with E-state index in [1.807, 2.05) is 35.2 Å². The number of rotatable bonds is 10. The standard InChI is InChI=1S/C35H39N5O3/c1-4-26(2)24-40(35(42)30-14-16-31(43-3)17-15-30)25-34(41)39-22-20-38(21-23-39)33-19-18-32(36-37-33)29-12-10-28(11-13-29)27-8-6-5-7-9-27/h5-19,26H,4,20-25H2,1-3H3. The van der Waals surface area contributed by atoms with Crippen molar-refractivity contribution in [1.82, 2.24) is 20.0 Å². The third-order valence-electron chi connectivity index (χ3n) is 8.07. The van der Waals surface area contributed by atoms with Gasteiger partial charge in [-0.05, 0) is 53.4 Å². The zero-order chi connectivity index (χ0) is 30.2. The maximum Gasteiger partial charge on any atom is 0.254 e. The molecule has 1 aromatic heterocycles. The van der Waals surface area contributed by atoms with E-state index in [0.717, 1.165) is 29.1 Å². The van der Waals surface area contributed by atoms with Crippen LogP contribution in [0.2, 0.25) is 0 Å². The summed E-state index contributed by atoms with van der Waals surface area (Å²) in [5.41, 5.74) is 4.73. The number of methoxy groups -OCH3 is 1. The van der Waals surface area contributed by atoms with Crippen LogP contribution < -0.4 is 9.64 Å². The average Bonchev–Trinajstić information content (AvgIpc) is 3.08. The van der Waals surface area contributed by atoms with Crippen molar-refractivity contribution in [1.29, 1.82) is 0 Å². The molecule has 2 amide bonds. The lowest BCUT2D eigenvalue weighted by molar-refractivity contribution is -0.132. The largest absolute Gasteiger partial charge is 0.497 e. The van der Waals surface area contributed by atoms with Crippen molar-refractivity contribution in [3.8, 4) is 28.1 Å². The molecule has 0 saturated carbocycles. The van der Waals surface area contributed by atoms with Crippen molar-refractivity contribution in [2.45, 2.75) is 20.3 Å². The summed E-state index contributed by atoms with van der Waals surface area (Å²) in [5, 5.41) is 8.99. The molecule has 0 spiro atoms. The summed E-state index contributed by atoms with van der Waals surface area (Å²) in [7, 11) is 1.60. The Morgan fingerprint density at radius 3 is 2.07 bits per heavy atom. The van der Waals surface area contributed by atoms with Crippen LogP contribution in [0.5, 0.6) is 5.75 Å². The number of aromatic nitrogens is 2. The lowest BCUT2D eigenvalue weighted by Gasteiger charge is -2.36. The molecule has 0 radical (unpaired) electrons. The predicted molar refractivity (Wildman–Crippen MR) is 170 cm³/mol. The fourth-order valence-corrected chi connectivity index (χ4v) is 5.20. The molecule has 222 valence electrons. The monoisotopic (exact) mass is 577 g/mol. The summed E-state index contributed by atoms with van der Waals surface area (Å²) in [6.45, 7) is 7.24. The Morgan fingerprint density at radius 2 is 1.47 bits per heavy atom. The van der Waals surface area contributed by atoms with Crippen LogP contribution in [-0.2, 0) is 4.79 Å². The van der Waals surface area contributed by atoms with Crippen LogP contribution in [0.25, 0.3) is 22.4 Å². The summed E-state index contributed by atoms with van der Waals surface area (Å²) in [5.74, 6) is 1.60. The second kappa shape index (κ2) is 14.0. The normalized spacial score (nSPS) is 13.8. The highest BCUT2D eigenvalue weighted by molar-refractivity contribution is 5.96. The van der Waals surface area contributed by atoms with Gasteiger partial charge in [0, 0.05) is 43.9 Å². The Hall–Kier alpha value is -4.72. The van der Waals surface area contributed by atoms with E-state index in [2.05, 4.69) is 65.3 Å². The van der Waals surface area contributed by atoms with Gasteiger partial charge in [-0.25, -0.2) is 0 Å². The lowest BCUT2D eigenvalue weighted by atomic mass is 10.0. The molecule has 5 rings (SSSR count). The summed E-state index contributed by atoms with van der Waals surface area (Å²) >= 11 is 0. The van der Waals surface area contributed by atoms with Gasteiger partial charge in [-0.1, -0.05) is 74.9 Å². The molecular formula is C35H39N5O3. The van der Waals surface area contributed by atoms with E-state index in [4.69, 9.17) is 4.74 Å². The average molecular weight is 578 g/mol. The van der Waals surface area contributed by atoms with Crippen molar-refractivity contribution in [3.63, 3.8) is 0 Å². The molecule has 0 N–H and O–H groups in total. The first-order chi connectivity index (χ1) is 20.9. The maximum atomic E-state index is 13.4. The zero-order valence-corrected chi connectivity index (χ0v) is 25.1. The molecule has 1 aliphatic rings. The number of hydrogen-bond acceptors (Lipinski definition) is 6. The minimum atomic E-state index is -0.139. The number of piperazine rings is 1. The minimum Gasteiger partial charge on any atom is -0.497 e. The number of ether oxygens (including phenoxy) is 1. The van der Waals surface area contributed by atoms with Crippen LogP contribution in [-0.4, -0.2) is 78.2 Å². The van der Waals surface area contributed by atoms with Crippen LogP contribution in [0.15, 0.2) is 91.0 Å². The van der Waals surface area contributed by atoms with E-state index in [-0.39, 0.29) is 24.3 Å². The molecule has 0 bridgehead atoms. The fourth-order valence-electron chi connectivity index (χ4n) is 5.20. The Morgan fingerprint density at radius 1 is 0.814 bits per heavy atom. The second-order valence-corrected chi connectivity index (χ2v) is 11.0. The van der Waals surface area contributed by atoms with Gasteiger partial charge in [-0.15, -0.1) is 10.2 Å². The first-order valence-electron chi connectivity index (χ1n) is 14.9. The highest BCUT2D eigenvalue weighted by Crippen LogP contribution is 2.24. The molecule has 3 aromatic carbocycles.